The molecule has 0 saturated heterocycles. The van der Waals surface area contributed by atoms with Gasteiger partial charge in [-0.2, -0.15) is 11.8 Å². The van der Waals surface area contributed by atoms with Crippen LogP contribution in [-0.2, 0) is 0 Å². The van der Waals surface area contributed by atoms with Gasteiger partial charge in [-0.05, 0) is 32.9 Å². The minimum absolute atomic E-state index is 0.306. The largest absolute Gasteiger partial charge is 0.367 e. The van der Waals surface area contributed by atoms with E-state index < -0.39 is 0 Å². The summed E-state index contributed by atoms with van der Waals surface area (Å²) >= 11 is 1.93. The molecule has 0 fully saturated rings. The molecule has 0 spiro atoms. The molecular weight excluding hydrogens is 230 g/mol. The summed E-state index contributed by atoms with van der Waals surface area (Å²) in [6.07, 6.45) is 6.32. The van der Waals surface area contributed by atoms with E-state index in [1.54, 1.807) is 0 Å². The summed E-state index contributed by atoms with van der Waals surface area (Å²) in [5, 5.41) is 3.41. The van der Waals surface area contributed by atoms with Crippen molar-refractivity contribution in [1.82, 2.24) is 9.97 Å². The van der Waals surface area contributed by atoms with E-state index in [9.17, 15) is 0 Å². The van der Waals surface area contributed by atoms with Gasteiger partial charge in [-0.25, -0.2) is 4.98 Å². The van der Waals surface area contributed by atoms with Gasteiger partial charge in [0.2, 0.25) is 0 Å². The molecule has 1 heterocycles. The number of aryl methyl sites for hydroxylation is 2. The van der Waals surface area contributed by atoms with Crippen LogP contribution in [0.2, 0.25) is 0 Å². The summed E-state index contributed by atoms with van der Waals surface area (Å²) < 4.78 is 0.306. The van der Waals surface area contributed by atoms with Crippen LogP contribution in [0, 0.1) is 13.8 Å². The van der Waals surface area contributed by atoms with Gasteiger partial charge in [0, 0.05) is 11.3 Å². The quantitative estimate of drug-likeness (QED) is 0.843. The lowest BCUT2D eigenvalue weighted by Gasteiger charge is -2.30. The van der Waals surface area contributed by atoms with Crippen molar-refractivity contribution in [3.8, 4) is 0 Å². The molecular formula is C13H23N3S. The standard InChI is InChI=1S/C13H23N3S/c1-6-13(7-2,17-5)9-15-12-8-14-10(3)11(4)16-12/h8H,6-7,9H2,1-5H3,(H,15,16). The molecule has 1 aromatic rings. The molecule has 0 atom stereocenters. The van der Waals surface area contributed by atoms with Gasteiger partial charge in [-0.3, -0.25) is 4.98 Å². The van der Waals surface area contributed by atoms with Gasteiger partial charge in [-0.1, -0.05) is 13.8 Å². The fourth-order valence-corrected chi connectivity index (χ4v) is 2.53. The average molecular weight is 253 g/mol. The van der Waals surface area contributed by atoms with Gasteiger partial charge in [0.05, 0.1) is 17.6 Å². The van der Waals surface area contributed by atoms with Crippen LogP contribution in [-0.4, -0.2) is 27.5 Å². The maximum Gasteiger partial charge on any atom is 0.144 e. The lowest BCUT2D eigenvalue weighted by molar-refractivity contribution is 0.573. The highest BCUT2D eigenvalue weighted by Gasteiger charge is 2.24. The zero-order valence-electron chi connectivity index (χ0n) is 11.5. The number of hydrogen-bond donors (Lipinski definition) is 1. The van der Waals surface area contributed by atoms with Crippen LogP contribution in [0.1, 0.15) is 38.1 Å². The van der Waals surface area contributed by atoms with E-state index in [0.29, 0.717) is 4.75 Å². The Hall–Kier alpha value is -0.770. The number of thioether (sulfide) groups is 1. The van der Waals surface area contributed by atoms with Crippen molar-refractivity contribution >= 4 is 17.6 Å². The van der Waals surface area contributed by atoms with Gasteiger partial charge in [-0.15, -0.1) is 0 Å². The summed E-state index contributed by atoms with van der Waals surface area (Å²) in [4.78, 5) is 8.82. The fraction of sp³-hybridized carbons (Fsp3) is 0.692. The number of nitrogens with zero attached hydrogens (tertiary/aromatic N) is 2. The van der Waals surface area contributed by atoms with Crippen molar-refractivity contribution in [1.29, 1.82) is 0 Å². The molecule has 4 heteroatoms. The fourth-order valence-electron chi connectivity index (χ4n) is 1.74. The number of hydrogen-bond acceptors (Lipinski definition) is 4. The van der Waals surface area contributed by atoms with E-state index in [1.165, 1.54) is 0 Å². The first-order chi connectivity index (χ1) is 8.06. The summed E-state index contributed by atoms with van der Waals surface area (Å²) in [6, 6.07) is 0. The second-order valence-electron chi connectivity index (χ2n) is 4.37. The van der Waals surface area contributed by atoms with Crippen molar-refractivity contribution in [3.05, 3.63) is 17.6 Å². The molecule has 0 bridgehead atoms. The van der Waals surface area contributed by atoms with Crippen molar-refractivity contribution < 1.29 is 0 Å². The number of anilines is 1. The van der Waals surface area contributed by atoms with Crippen molar-refractivity contribution in [2.75, 3.05) is 18.1 Å². The Kier molecular flexibility index (Phi) is 5.25. The Morgan fingerprint density at radius 1 is 1.24 bits per heavy atom. The maximum absolute atomic E-state index is 4.50. The molecule has 0 saturated carbocycles. The SMILES string of the molecule is CCC(CC)(CNc1cnc(C)c(C)n1)SC. The summed E-state index contributed by atoms with van der Waals surface area (Å²) in [6.45, 7) is 9.41. The monoisotopic (exact) mass is 253 g/mol. The van der Waals surface area contributed by atoms with Crippen molar-refractivity contribution in [2.45, 2.75) is 45.3 Å². The van der Waals surface area contributed by atoms with Gasteiger partial charge in [0.1, 0.15) is 5.82 Å². The van der Waals surface area contributed by atoms with Crippen LogP contribution in [0.3, 0.4) is 0 Å². The van der Waals surface area contributed by atoms with E-state index in [4.69, 9.17) is 0 Å². The molecule has 3 nitrogen and oxygen atoms in total. The van der Waals surface area contributed by atoms with Gasteiger partial charge < -0.3 is 5.32 Å². The minimum Gasteiger partial charge on any atom is -0.367 e. The number of aromatic nitrogens is 2. The van der Waals surface area contributed by atoms with E-state index in [-0.39, 0.29) is 0 Å². The molecule has 0 unspecified atom stereocenters. The minimum atomic E-state index is 0.306. The third kappa shape index (κ3) is 3.60. The number of nitrogens with one attached hydrogen (secondary N) is 1. The molecule has 0 aliphatic rings. The summed E-state index contributed by atoms with van der Waals surface area (Å²) in [5.74, 6) is 0.883. The van der Waals surface area contributed by atoms with Crippen LogP contribution in [0.5, 0.6) is 0 Å². The zero-order valence-corrected chi connectivity index (χ0v) is 12.3. The lowest BCUT2D eigenvalue weighted by Crippen LogP contribution is -2.32. The van der Waals surface area contributed by atoms with E-state index in [2.05, 4.69) is 35.4 Å². The first kappa shape index (κ1) is 14.3. The van der Waals surface area contributed by atoms with Gasteiger partial charge in [0.25, 0.3) is 0 Å². The third-order valence-electron chi connectivity index (χ3n) is 3.51. The molecule has 1 aromatic heterocycles. The van der Waals surface area contributed by atoms with Crippen molar-refractivity contribution in [3.63, 3.8) is 0 Å². The van der Waals surface area contributed by atoms with Crippen LogP contribution < -0.4 is 5.32 Å². The Bertz CT molecular complexity index is 353. The normalized spacial score (nSPS) is 11.6. The molecule has 0 amide bonds. The predicted molar refractivity (Wildman–Crippen MR) is 76.8 cm³/mol. The third-order valence-corrected chi connectivity index (χ3v) is 5.09. The smallest absolute Gasteiger partial charge is 0.144 e. The number of rotatable bonds is 6. The predicted octanol–water partition coefficient (Wildman–Crippen LogP) is 3.43. The van der Waals surface area contributed by atoms with Crippen LogP contribution in [0.15, 0.2) is 6.20 Å². The first-order valence-corrected chi connectivity index (χ1v) is 7.38. The second kappa shape index (κ2) is 6.24. The summed E-state index contributed by atoms with van der Waals surface area (Å²) in [7, 11) is 0. The molecule has 96 valence electrons. The van der Waals surface area contributed by atoms with Gasteiger partial charge in [0.15, 0.2) is 0 Å². The molecule has 0 aliphatic heterocycles. The second-order valence-corrected chi connectivity index (χ2v) is 5.65. The van der Waals surface area contributed by atoms with E-state index in [1.807, 2.05) is 31.8 Å². The van der Waals surface area contributed by atoms with Crippen LogP contribution in [0.4, 0.5) is 5.82 Å². The molecule has 0 radical (unpaired) electrons. The highest BCUT2D eigenvalue weighted by molar-refractivity contribution is 8.00. The van der Waals surface area contributed by atoms with Crippen molar-refractivity contribution in [2.24, 2.45) is 0 Å². The Morgan fingerprint density at radius 3 is 2.35 bits per heavy atom. The zero-order chi connectivity index (χ0) is 12.9. The highest BCUT2D eigenvalue weighted by Crippen LogP contribution is 2.30. The van der Waals surface area contributed by atoms with Crippen LogP contribution >= 0.6 is 11.8 Å². The molecule has 17 heavy (non-hydrogen) atoms. The van der Waals surface area contributed by atoms with Gasteiger partial charge >= 0.3 is 0 Å². The lowest BCUT2D eigenvalue weighted by atomic mass is 10.0. The first-order valence-electron chi connectivity index (χ1n) is 6.16. The Morgan fingerprint density at radius 2 is 1.88 bits per heavy atom. The molecule has 1 N–H and O–H groups in total. The Labute approximate surface area is 109 Å². The average Bonchev–Trinajstić information content (AvgIpc) is 2.36. The molecule has 0 aromatic carbocycles. The topological polar surface area (TPSA) is 37.8 Å². The molecule has 1 rings (SSSR count). The van der Waals surface area contributed by atoms with Crippen LogP contribution in [0.25, 0.3) is 0 Å². The summed E-state index contributed by atoms with van der Waals surface area (Å²) in [5.41, 5.74) is 2.00. The highest BCUT2D eigenvalue weighted by atomic mass is 32.2. The maximum atomic E-state index is 4.50. The Balaban J connectivity index is 2.68. The molecule has 0 aliphatic carbocycles. The van der Waals surface area contributed by atoms with E-state index in [0.717, 1.165) is 36.6 Å². The van der Waals surface area contributed by atoms with E-state index >= 15 is 0 Å².